The van der Waals surface area contributed by atoms with Crippen LogP contribution in [0.25, 0.3) is 0 Å². The molecule has 8 heteroatoms. The SMILES string of the molecule is CCN(C(=O)C(C)N1C(=O)c2ccccc2C1=O)C(C(=O)Nc1c(C)cccc1C)c1ccccc1Cl. The zero-order valence-corrected chi connectivity index (χ0v) is 21.9. The molecule has 7 nitrogen and oxygen atoms in total. The summed E-state index contributed by atoms with van der Waals surface area (Å²) in [5.74, 6) is -2.06. The van der Waals surface area contributed by atoms with Crippen molar-refractivity contribution in [1.82, 2.24) is 9.80 Å². The van der Waals surface area contributed by atoms with E-state index in [-0.39, 0.29) is 17.7 Å². The molecule has 37 heavy (non-hydrogen) atoms. The highest BCUT2D eigenvalue weighted by Crippen LogP contribution is 2.32. The lowest BCUT2D eigenvalue weighted by atomic mass is 10.0. The number of nitrogens with one attached hydrogen (secondary N) is 1. The van der Waals surface area contributed by atoms with Gasteiger partial charge in [0.25, 0.3) is 17.7 Å². The highest BCUT2D eigenvalue weighted by molar-refractivity contribution is 6.31. The van der Waals surface area contributed by atoms with Crippen LogP contribution in [0.4, 0.5) is 5.69 Å². The van der Waals surface area contributed by atoms with Gasteiger partial charge in [0.1, 0.15) is 12.1 Å². The van der Waals surface area contributed by atoms with Crippen molar-refractivity contribution >= 4 is 40.9 Å². The van der Waals surface area contributed by atoms with E-state index >= 15 is 0 Å². The van der Waals surface area contributed by atoms with Gasteiger partial charge in [-0.2, -0.15) is 0 Å². The van der Waals surface area contributed by atoms with E-state index in [0.29, 0.717) is 16.3 Å². The summed E-state index contributed by atoms with van der Waals surface area (Å²) in [6.07, 6.45) is 0. The molecule has 0 saturated heterocycles. The van der Waals surface area contributed by atoms with Crippen LogP contribution in [0.1, 0.15) is 57.3 Å². The normalized spacial score (nSPS) is 14.2. The van der Waals surface area contributed by atoms with Crippen LogP contribution in [0.3, 0.4) is 0 Å². The number of halogens is 1. The molecule has 2 unspecified atom stereocenters. The van der Waals surface area contributed by atoms with Crippen molar-refractivity contribution in [2.24, 2.45) is 0 Å². The molecule has 1 N–H and O–H groups in total. The van der Waals surface area contributed by atoms with Gasteiger partial charge in [0.15, 0.2) is 0 Å². The molecule has 4 rings (SSSR count). The number of amides is 4. The molecule has 2 atom stereocenters. The fraction of sp³-hybridized carbons (Fsp3) is 0.241. The van der Waals surface area contributed by atoms with Crippen molar-refractivity contribution in [3.8, 4) is 0 Å². The number of imide groups is 1. The van der Waals surface area contributed by atoms with Crippen LogP contribution in [-0.2, 0) is 9.59 Å². The van der Waals surface area contributed by atoms with Crippen LogP contribution in [0.2, 0.25) is 5.02 Å². The molecule has 0 fully saturated rings. The summed E-state index contributed by atoms with van der Waals surface area (Å²) in [4.78, 5) is 56.1. The molecule has 1 aliphatic heterocycles. The van der Waals surface area contributed by atoms with Crippen LogP contribution < -0.4 is 5.32 Å². The third-order valence-corrected chi connectivity index (χ3v) is 7.03. The van der Waals surface area contributed by atoms with Gasteiger partial charge < -0.3 is 10.2 Å². The van der Waals surface area contributed by atoms with E-state index in [1.54, 1.807) is 55.5 Å². The number of fused-ring (bicyclic) bond motifs is 1. The van der Waals surface area contributed by atoms with E-state index in [2.05, 4.69) is 5.32 Å². The summed E-state index contributed by atoms with van der Waals surface area (Å²) >= 11 is 6.51. The Kier molecular flexibility index (Phi) is 7.45. The predicted molar refractivity (Wildman–Crippen MR) is 143 cm³/mol. The van der Waals surface area contributed by atoms with Crippen LogP contribution in [0.15, 0.2) is 66.7 Å². The van der Waals surface area contributed by atoms with Gasteiger partial charge in [-0.05, 0) is 57.0 Å². The average molecular weight is 518 g/mol. The zero-order chi connectivity index (χ0) is 26.9. The second-order valence-electron chi connectivity index (χ2n) is 9.01. The molecule has 3 aromatic carbocycles. The highest BCUT2D eigenvalue weighted by Gasteiger charge is 2.43. The Hall–Kier alpha value is -3.97. The molecule has 190 valence electrons. The first kappa shape index (κ1) is 26.1. The zero-order valence-electron chi connectivity index (χ0n) is 21.1. The summed E-state index contributed by atoms with van der Waals surface area (Å²) in [6.45, 7) is 7.16. The summed E-state index contributed by atoms with van der Waals surface area (Å²) in [5, 5.41) is 3.30. The summed E-state index contributed by atoms with van der Waals surface area (Å²) in [7, 11) is 0. The van der Waals surface area contributed by atoms with Crippen LogP contribution >= 0.6 is 11.6 Å². The Bertz CT molecular complexity index is 1350. The monoisotopic (exact) mass is 517 g/mol. The molecule has 0 radical (unpaired) electrons. The van der Waals surface area contributed by atoms with Gasteiger partial charge in [-0.3, -0.25) is 24.1 Å². The van der Waals surface area contributed by atoms with E-state index in [4.69, 9.17) is 11.6 Å². The van der Waals surface area contributed by atoms with Crippen molar-refractivity contribution in [3.63, 3.8) is 0 Å². The van der Waals surface area contributed by atoms with Gasteiger partial charge >= 0.3 is 0 Å². The van der Waals surface area contributed by atoms with Crippen LogP contribution in [0.5, 0.6) is 0 Å². The first-order chi connectivity index (χ1) is 17.7. The lowest BCUT2D eigenvalue weighted by Crippen LogP contribution is -2.52. The number of rotatable bonds is 7. The summed E-state index contributed by atoms with van der Waals surface area (Å²) in [5.41, 5.74) is 3.36. The molecule has 0 aliphatic carbocycles. The first-order valence-electron chi connectivity index (χ1n) is 12.1. The van der Waals surface area contributed by atoms with E-state index in [1.807, 2.05) is 32.0 Å². The Balaban J connectivity index is 1.71. The lowest BCUT2D eigenvalue weighted by Gasteiger charge is -2.34. The van der Waals surface area contributed by atoms with Gasteiger partial charge in [0.2, 0.25) is 5.91 Å². The lowest BCUT2D eigenvalue weighted by molar-refractivity contribution is -0.141. The number of aryl methyl sites for hydroxylation is 2. The minimum absolute atomic E-state index is 0.141. The Labute approximate surface area is 221 Å². The Morgan fingerprint density at radius 2 is 1.43 bits per heavy atom. The first-order valence-corrected chi connectivity index (χ1v) is 12.4. The Morgan fingerprint density at radius 1 is 0.892 bits per heavy atom. The number of carbonyl (C=O) groups is 4. The maximum absolute atomic E-state index is 13.9. The van der Waals surface area contributed by atoms with Gasteiger partial charge in [-0.25, -0.2) is 0 Å². The molecule has 4 amide bonds. The molecule has 1 aliphatic rings. The second kappa shape index (κ2) is 10.6. The molecule has 0 aromatic heterocycles. The van der Waals surface area contributed by atoms with E-state index < -0.39 is 35.7 Å². The third kappa shape index (κ3) is 4.74. The third-order valence-electron chi connectivity index (χ3n) is 6.68. The number of carbonyl (C=O) groups excluding carboxylic acids is 4. The smallest absolute Gasteiger partial charge is 0.262 e. The van der Waals surface area contributed by atoms with E-state index in [1.165, 1.54) is 11.8 Å². The quantitative estimate of drug-likeness (QED) is 0.438. The van der Waals surface area contributed by atoms with Gasteiger partial charge in [0, 0.05) is 22.8 Å². The molecule has 0 spiro atoms. The summed E-state index contributed by atoms with van der Waals surface area (Å²) < 4.78 is 0. The number of likely N-dealkylation sites (N-methyl/N-ethyl adjacent to an activating group) is 1. The Morgan fingerprint density at radius 3 is 1.97 bits per heavy atom. The number of anilines is 1. The van der Waals surface area contributed by atoms with Gasteiger partial charge in [-0.1, -0.05) is 60.1 Å². The molecular weight excluding hydrogens is 490 g/mol. The average Bonchev–Trinajstić information content (AvgIpc) is 3.14. The minimum atomic E-state index is -1.13. The summed E-state index contributed by atoms with van der Waals surface area (Å²) in [6, 6.07) is 16.8. The largest absolute Gasteiger partial charge is 0.325 e. The van der Waals surface area contributed by atoms with Crippen molar-refractivity contribution in [2.75, 3.05) is 11.9 Å². The van der Waals surface area contributed by atoms with E-state index in [9.17, 15) is 19.2 Å². The molecule has 0 saturated carbocycles. The number of benzene rings is 3. The van der Waals surface area contributed by atoms with Crippen molar-refractivity contribution in [3.05, 3.63) is 99.6 Å². The van der Waals surface area contributed by atoms with Gasteiger partial charge in [-0.15, -0.1) is 0 Å². The predicted octanol–water partition coefficient (Wildman–Crippen LogP) is 5.17. The molecule has 0 bridgehead atoms. The van der Waals surface area contributed by atoms with Gasteiger partial charge in [0.05, 0.1) is 11.1 Å². The van der Waals surface area contributed by atoms with Crippen molar-refractivity contribution < 1.29 is 19.2 Å². The second-order valence-corrected chi connectivity index (χ2v) is 9.41. The standard InChI is InChI=1S/C29H28ClN3O4/c1-5-32(27(35)19(4)33-28(36)20-13-6-7-14-21(20)29(33)37)25(22-15-8-9-16-23(22)30)26(34)31-24-17(2)11-10-12-18(24)3/h6-16,19,25H,5H2,1-4H3,(H,31,34). The molecule has 1 heterocycles. The highest BCUT2D eigenvalue weighted by atomic mass is 35.5. The fourth-order valence-electron chi connectivity index (χ4n) is 4.73. The molecular formula is C29H28ClN3O4. The number of hydrogen-bond donors (Lipinski definition) is 1. The topological polar surface area (TPSA) is 86.8 Å². The maximum Gasteiger partial charge on any atom is 0.262 e. The van der Waals surface area contributed by atoms with Crippen molar-refractivity contribution in [1.29, 1.82) is 0 Å². The molecule has 3 aromatic rings. The van der Waals surface area contributed by atoms with Crippen LogP contribution in [0, 0.1) is 13.8 Å². The van der Waals surface area contributed by atoms with E-state index in [0.717, 1.165) is 16.0 Å². The minimum Gasteiger partial charge on any atom is -0.325 e. The van der Waals surface area contributed by atoms with Crippen molar-refractivity contribution in [2.45, 2.75) is 39.8 Å². The number of nitrogens with zero attached hydrogens (tertiary/aromatic N) is 2. The number of hydrogen-bond acceptors (Lipinski definition) is 4. The number of para-hydroxylation sites is 1. The maximum atomic E-state index is 13.9. The fourth-order valence-corrected chi connectivity index (χ4v) is 4.97. The van der Waals surface area contributed by atoms with Crippen LogP contribution in [-0.4, -0.2) is 46.0 Å².